The van der Waals surface area contributed by atoms with E-state index in [1.54, 1.807) is 0 Å². The van der Waals surface area contributed by atoms with Crippen molar-refractivity contribution in [3.63, 3.8) is 0 Å². The molecule has 0 spiro atoms. The lowest BCUT2D eigenvalue weighted by Gasteiger charge is -2.13. The van der Waals surface area contributed by atoms with E-state index in [2.05, 4.69) is 26.6 Å². The largest absolute Gasteiger partial charge is 0.349 e. The van der Waals surface area contributed by atoms with Gasteiger partial charge in [-0.15, -0.1) is 0 Å². The van der Waals surface area contributed by atoms with E-state index in [9.17, 15) is 9.59 Å². The second kappa shape index (κ2) is 4.72. The van der Waals surface area contributed by atoms with E-state index < -0.39 is 5.69 Å². The van der Waals surface area contributed by atoms with Gasteiger partial charge in [-0.1, -0.05) is 24.3 Å². The van der Waals surface area contributed by atoms with Crippen LogP contribution in [-0.2, 0) is 17.6 Å². The quantitative estimate of drug-likeness (QED) is 0.746. The van der Waals surface area contributed by atoms with Crippen molar-refractivity contribution >= 4 is 5.91 Å². The average molecular weight is 258 g/mol. The Morgan fingerprint density at radius 3 is 3.05 bits per heavy atom. The van der Waals surface area contributed by atoms with Crippen molar-refractivity contribution in [2.45, 2.75) is 25.3 Å². The van der Waals surface area contributed by atoms with Gasteiger partial charge < -0.3 is 5.32 Å². The summed E-state index contributed by atoms with van der Waals surface area (Å²) in [6.45, 7) is 0. The first-order valence-corrected chi connectivity index (χ1v) is 6.23. The zero-order chi connectivity index (χ0) is 13.2. The highest BCUT2D eigenvalue weighted by molar-refractivity contribution is 5.78. The topological polar surface area (TPSA) is 90.6 Å². The van der Waals surface area contributed by atoms with Crippen molar-refractivity contribution in [3.8, 4) is 0 Å². The van der Waals surface area contributed by atoms with Gasteiger partial charge in [0.05, 0.1) is 12.5 Å². The first kappa shape index (κ1) is 11.7. The van der Waals surface area contributed by atoms with Crippen LogP contribution in [0, 0.1) is 0 Å². The Hall–Kier alpha value is -2.37. The van der Waals surface area contributed by atoms with E-state index in [0.717, 1.165) is 12.8 Å². The van der Waals surface area contributed by atoms with Crippen molar-refractivity contribution in [2.24, 2.45) is 0 Å². The maximum absolute atomic E-state index is 11.9. The Morgan fingerprint density at radius 1 is 1.42 bits per heavy atom. The molecule has 6 nitrogen and oxygen atoms in total. The summed E-state index contributed by atoms with van der Waals surface area (Å²) in [7, 11) is 0. The number of aromatic amines is 2. The molecule has 19 heavy (non-hydrogen) atoms. The van der Waals surface area contributed by atoms with Crippen LogP contribution < -0.4 is 11.0 Å². The summed E-state index contributed by atoms with van der Waals surface area (Å²) in [5.41, 5.74) is 2.08. The molecule has 0 fully saturated rings. The Kier molecular flexibility index (Phi) is 2.91. The van der Waals surface area contributed by atoms with Gasteiger partial charge in [-0.2, -0.15) is 5.10 Å². The highest BCUT2D eigenvalue weighted by Gasteiger charge is 2.23. The van der Waals surface area contributed by atoms with Crippen LogP contribution in [0.2, 0.25) is 0 Å². The number of nitrogens with one attached hydrogen (secondary N) is 3. The molecule has 6 heteroatoms. The summed E-state index contributed by atoms with van der Waals surface area (Å²) in [6.07, 6.45) is 1.99. The number of benzene rings is 1. The predicted molar refractivity (Wildman–Crippen MR) is 68.6 cm³/mol. The summed E-state index contributed by atoms with van der Waals surface area (Å²) in [4.78, 5) is 25.2. The highest BCUT2D eigenvalue weighted by Crippen LogP contribution is 2.30. The number of hydrogen-bond donors (Lipinski definition) is 3. The number of aryl methyl sites for hydroxylation is 1. The molecule has 98 valence electrons. The zero-order valence-corrected chi connectivity index (χ0v) is 10.3. The van der Waals surface area contributed by atoms with Gasteiger partial charge in [0.25, 0.3) is 0 Å². The van der Waals surface area contributed by atoms with Gasteiger partial charge in [0.15, 0.2) is 0 Å². The Labute approximate surface area is 109 Å². The van der Waals surface area contributed by atoms with Crippen LogP contribution in [0.5, 0.6) is 0 Å². The predicted octanol–water partition coefficient (Wildman–Crippen LogP) is 0.444. The molecule has 0 bridgehead atoms. The van der Waals surface area contributed by atoms with Crippen molar-refractivity contribution < 1.29 is 4.79 Å². The minimum atomic E-state index is -0.394. The number of amides is 1. The molecule has 1 amide bonds. The first-order valence-electron chi connectivity index (χ1n) is 6.23. The molecule has 3 N–H and O–H groups in total. The van der Waals surface area contributed by atoms with Gasteiger partial charge >= 0.3 is 5.69 Å². The molecule has 1 aromatic carbocycles. The normalized spacial score (nSPS) is 17.2. The number of hydrogen-bond acceptors (Lipinski definition) is 3. The Morgan fingerprint density at radius 2 is 2.26 bits per heavy atom. The molecule has 1 aliphatic rings. The summed E-state index contributed by atoms with van der Waals surface area (Å²) in [6, 6.07) is 8.19. The standard InChI is InChI=1S/C13H14N4O2/c18-12(7-11-15-13(19)17-16-11)14-10-6-5-8-3-1-2-4-9(8)10/h1-4,10H,5-7H2,(H,14,18)(H2,15,16,17,19)/t10-/m0/s1. The van der Waals surface area contributed by atoms with Crippen LogP contribution in [0.1, 0.15) is 29.4 Å². The fourth-order valence-corrected chi connectivity index (χ4v) is 2.49. The molecular formula is C13H14N4O2. The molecule has 0 saturated carbocycles. The summed E-state index contributed by atoms with van der Waals surface area (Å²) < 4.78 is 0. The van der Waals surface area contributed by atoms with Crippen LogP contribution in [0.15, 0.2) is 29.1 Å². The third-order valence-electron chi connectivity index (χ3n) is 3.35. The van der Waals surface area contributed by atoms with Gasteiger partial charge in [-0.05, 0) is 24.0 Å². The van der Waals surface area contributed by atoms with E-state index in [4.69, 9.17) is 0 Å². The minimum Gasteiger partial charge on any atom is -0.349 e. The van der Waals surface area contributed by atoms with E-state index in [-0.39, 0.29) is 18.4 Å². The number of aromatic nitrogens is 3. The number of fused-ring (bicyclic) bond motifs is 1. The molecule has 0 unspecified atom stereocenters. The highest BCUT2D eigenvalue weighted by atomic mass is 16.2. The number of nitrogens with zero attached hydrogens (tertiary/aromatic N) is 1. The van der Waals surface area contributed by atoms with Crippen molar-refractivity contribution in [1.29, 1.82) is 0 Å². The third-order valence-corrected chi connectivity index (χ3v) is 3.35. The molecule has 3 rings (SSSR count). The number of carbonyl (C=O) groups excluding carboxylic acids is 1. The minimum absolute atomic E-state index is 0.0642. The maximum Gasteiger partial charge on any atom is 0.340 e. The second-order valence-corrected chi connectivity index (χ2v) is 4.66. The van der Waals surface area contributed by atoms with Crippen LogP contribution in [0.25, 0.3) is 0 Å². The zero-order valence-electron chi connectivity index (χ0n) is 10.3. The molecule has 0 aliphatic heterocycles. The lowest BCUT2D eigenvalue weighted by molar-refractivity contribution is -0.121. The van der Waals surface area contributed by atoms with E-state index in [1.807, 2.05) is 18.2 Å². The van der Waals surface area contributed by atoms with Gasteiger partial charge in [-0.25, -0.2) is 9.89 Å². The summed E-state index contributed by atoms with van der Waals surface area (Å²) in [5.74, 6) is 0.221. The number of carbonyl (C=O) groups is 1. The van der Waals surface area contributed by atoms with Crippen molar-refractivity contribution in [1.82, 2.24) is 20.5 Å². The summed E-state index contributed by atoms with van der Waals surface area (Å²) in [5, 5.41) is 8.94. The smallest absolute Gasteiger partial charge is 0.340 e. The fraction of sp³-hybridized carbons (Fsp3) is 0.308. The van der Waals surface area contributed by atoms with Gasteiger partial charge in [0.2, 0.25) is 5.91 Å². The molecule has 0 saturated heterocycles. The number of rotatable bonds is 3. The SMILES string of the molecule is O=C(Cc1n[nH]c(=O)[nH]1)N[C@H]1CCc2ccccc21. The van der Waals surface area contributed by atoms with Crippen molar-refractivity contribution in [3.05, 3.63) is 51.7 Å². The van der Waals surface area contributed by atoms with Crippen LogP contribution in [-0.4, -0.2) is 21.1 Å². The number of H-pyrrole nitrogens is 2. The molecule has 1 heterocycles. The Balaban J connectivity index is 1.66. The third kappa shape index (κ3) is 2.42. The monoisotopic (exact) mass is 258 g/mol. The lowest BCUT2D eigenvalue weighted by Crippen LogP contribution is -2.29. The molecule has 2 aromatic rings. The second-order valence-electron chi connectivity index (χ2n) is 4.66. The Bertz CT molecular complexity index is 658. The first-order chi connectivity index (χ1) is 9.22. The molecule has 1 atom stereocenters. The average Bonchev–Trinajstić information content (AvgIpc) is 2.97. The molecule has 1 aliphatic carbocycles. The van der Waals surface area contributed by atoms with Crippen LogP contribution in [0.3, 0.4) is 0 Å². The van der Waals surface area contributed by atoms with E-state index in [0.29, 0.717) is 5.82 Å². The van der Waals surface area contributed by atoms with Crippen LogP contribution >= 0.6 is 0 Å². The van der Waals surface area contributed by atoms with E-state index >= 15 is 0 Å². The lowest BCUT2D eigenvalue weighted by atomic mass is 10.1. The maximum atomic E-state index is 11.9. The van der Waals surface area contributed by atoms with Crippen molar-refractivity contribution in [2.75, 3.05) is 0 Å². The van der Waals surface area contributed by atoms with Gasteiger partial charge in [-0.3, -0.25) is 9.78 Å². The van der Waals surface area contributed by atoms with Crippen LogP contribution in [0.4, 0.5) is 0 Å². The molecule has 1 aromatic heterocycles. The van der Waals surface area contributed by atoms with E-state index in [1.165, 1.54) is 11.1 Å². The summed E-state index contributed by atoms with van der Waals surface area (Å²) >= 11 is 0. The molecular weight excluding hydrogens is 244 g/mol. The molecule has 0 radical (unpaired) electrons. The fourth-order valence-electron chi connectivity index (χ4n) is 2.49. The van der Waals surface area contributed by atoms with Gasteiger partial charge in [0, 0.05) is 0 Å². The van der Waals surface area contributed by atoms with Gasteiger partial charge in [0.1, 0.15) is 5.82 Å².